The summed E-state index contributed by atoms with van der Waals surface area (Å²) in [5.41, 5.74) is 0. The number of carbonyl (C=O) groups is 1. The van der Waals surface area contributed by atoms with E-state index in [1.807, 2.05) is 6.92 Å². The molecule has 0 saturated carbocycles. The number of amides is 1. The van der Waals surface area contributed by atoms with E-state index in [2.05, 4.69) is 0 Å². The van der Waals surface area contributed by atoms with Crippen molar-refractivity contribution < 1.29 is 14.6 Å². The van der Waals surface area contributed by atoms with Crippen LogP contribution in [-0.4, -0.2) is 47.3 Å². The molecule has 0 aromatic heterocycles. The first-order valence-electron chi connectivity index (χ1n) is 5.79. The summed E-state index contributed by atoms with van der Waals surface area (Å²) in [6.07, 6.45) is 3.66. The lowest BCUT2D eigenvalue weighted by molar-refractivity contribution is -0.144. The van der Waals surface area contributed by atoms with Gasteiger partial charge >= 0.3 is 0 Å². The minimum atomic E-state index is -0.257. The van der Waals surface area contributed by atoms with E-state index in [1.165, 1.54) is 0 Å². The summed E-state index contributed by atoms with van der Waals surface area (Å²) in [5.74, 6) is 0.0795. The lowest BCUT2D eigenvalue weighted by atomic mass is 10.1. The number of carbonyl (C=O) groups excluding carboxylic acids is 1. The Bertz CT molecular complexity index is 244. The van der Waals surface area contributed by atoms with Crippen LogP contribution >= 0.6 is 0 Å². The second-order valence-corrected chi connectivity index (χ2v) is 4.52. The zero-order chi connectivity index (χ0) is 10.8. The fourth-order valence-corrected chi connectivity index (χ4v) is 2.48. The van der Waals surface area contributed by atoms with Gasteiger partial charge in [-0.05, 0) is 32.6 Å². The second-order valence-electron chi connectivity index (χ2n) is 4.52. The largest absolute Gasteiger partial charge is 0.394 e. The molecule has 0 aliphatic carbocycles. The van der Waals surface area contributed by atoms with Crippen molar-refractivity contribution in [3.63, 3.8) is 0 Å². The smallest absolute Gasteiger partial charge is 0.252 e. The molecule has 2 rings (SSSR count). The quantitative estimate of drug-likeness (QED) is 0.728. The lowest BCUT2D eigenvalue weighted by Gasteiger charge is -2.25. The maximum absolute atomic E-state index is 12.1. The van der Waals surface area contributed by atoms with Gasteiger partial charge in [0, 0.05) is 6.54 Å². The third-order valence-electron chi connectivity index (χ3n) is 3.38. The van der Waals surface area contributed by atoms with E-state index in [9.17, 15) is 4.79 Å². The highest BCUT2D eigenvalue weighted by Gasteiger charge is 2.36. The minimum absolute atomic E-state index is 0.0250. The summed E-state index contributed by atoms with van der Waals surface area (Å²) in [5, 5.41) is 9.15. The van der Waals surface area contributed by atoms with Gasteiger partial charge in [0.15, 0.2) is 0 Å². The molecular formula is C11H19NO3. The fraction of sp³-hybridized carbons (Fsp3) is 0.909. The summed E-state index contributed by atoms with van der Waals surface area (Å²) in [6, 6.07) is 0.0250. The van der Waals surface area contributed by atoms with Gasteiger partial charge in [-0.15, -0.1) is 0 Å². The zero-order valence-corrected chi connectivity index (χ0v) is 9.19. The minimum Gasteiger partial charge on any atom is -0.394 e. The van der Waals surface area contributed by atoms with Crippen LogP contribution in [0.3, 0.4) is 0 Å². The first-order chi connectivity index (χ1) is 7.22. The summed E-state index contributed by atoms with van der Waals surface area (Å²) >= 11 is 0. The average Bonchev–Trinajstić information content (AvgIpc) is 2.84. The maximum Gasteiger partial charge on any atom is 0.252 e. The highest BCUT2D eigenvalue weighted by Crippen LogP contribution is 2.25. The Kier molecular flexibility index (Phi) is 3.26. The molecule has 15 heavy (non-hydrogen) atoms. The van der Waals surface area contributed by atoms with Gasteiger partial charge in [-0.3, -0.25) is 4.79 Å². The van der Waals surface area contributed by atoms with Crippen LogP contribution in [0.1, 0.15) is 32.6 Å². The number of hydrogen-bond donors (Lipinski definition) is 1. The fourth-order valence-electron chi connectivity index (χ4n) is 2.48. The molecule has 3 atom stereocenters. The van der Waals surface area contributed by atoms with Crippen molar-refractivity contribution in [2.75, 3.05) is 13.2 Å². The topological polar surface area (TPSA) is 49.8 Å². The SMILES string of the molecule is CC1CCC(C(=O)N2CCC[C@H]2CO)O1. The van der Waals surface area contributed by atoms with Crippen LogP contribution in [0.15, 0.2) is 0 Å². The van der Waals surface area contributed by atoms with Crippen LogP contribution < -0.4 is 0 Å². The van der Waals surface area contributed by atoms with Crippen molar-refractivity contribution in [3.05, 3.63) is 0 Å². The molecule has 4 heteroatoms. The van der Waals surface area contributed by atoms with Crippen molar-refractivity contribution >= 4 is 5.91 Å². The molecule has 4 nitrogen and oxygen atoms in total. The van der Waals surface area contributed by atoms with Gasteiger partial charge in [0.1, 0.15) is 6.10 Å². The average molecular weight is 213 g/mol. The molecule has 0 spiro atoms. The van der Waals surface area contributed by atoms with Crippen LogP contribution in [0.4, 0.5) is 0 Å². The number of aliphatic hydroxyl groups excluding tert-OH is 1. The number of aliphatic hydroxyl groups is 1. The van der Waals surface area contributed by atoms with Gasteiger partial charge in [-0.2, -0.15) is 0 Å². The highest BCUT2D eigenvalue weighted by atomic mass is 16.5. The molecule has 1 amide bonds. The second kappa shape index (κ2) is 4.49. The zero-order valence-electron chi connectivity index (χ0n) is 9.19. The van der Waals surface area contributed by atoms with E-state index >= 15 is 0 Å². The Labute approximate surface area is 90.2 Å². The van der Waals surface area contributed by atoms with Crippen molar-refractivity contribution in [1.29, 1.82) is 0 Å². The van der Waals surface area contributed by atoms with Gasteiger partial charge in [0.2, 0.25) is 0 Å². The first kappa shape index (κ1) is 10.9. The molecular weight excluding hydrogens is 194 g/mol. The van der Waals surface area contributed by atoms with Crippen LogP contribution in [0.2, 0.25) is 0 Å². The van der Waals surface area contributed by atoms with Crippen molar-refractivity contribution in [3.8, 4) is 0 Å². The van der Waals surface area contributed by atoms with Crippen LogP contribution in [0.25, 0.3) is 0 Å². The number of ether oxygens (including phenoxy) is 1. The van der Waals surface area contributed by atoms with E-state index in [0.29, 0.717) is 0 Å². The summed E-state index contributed by atoms with van der Waals surface area (Å²) in [7, 11) is 0. The predicted molar refractivity (Wildman–Crippen MR) is 55.4 cm³/mol. The number of likely N-dealkylation sites (tertiary alicyclic amines) is 1. The van der Waals surface area contributed by atoms with E-state index in [1.54, 1.807) is 4.90 Å². The standard InChI is InChI=1S/C11H19NO3/c1-8-4-5-10(15-8)11(14)12-6-2-3-9(12)7-13/h8-10,13H,2-7H2,1H3/t8?,9-,10?/m0/s1. The third-order valence-corrected chi connectivity index (χ3v) is 3.38. The molecule has 86 valence electrons. The summed E-state index contributed by atoms with van der Waals surface area (Å²) in [6.45, 7) is 2.85. The van der Waals surface area contributed by atoms with Gasteiger partial charge in [-0.25, -0.2) is 0 Å². The van der Waals surface area contributed by atoms with Crippen LogP contribution in [-0.2, 0) is 9.53 Å². The normalized spacial score (nSPS) is 36.1. The molecule has 2 saturated heterocycles. The maximum atomic E-state index is 12.1. The number of rotatable bonds is 2. The molecule has 0 bridgehead atoms. The Morgan fingerprint density at radius 2 is 2.27 bits per heavy atom. The summed E-state index contributed by atoms with van der Waals surface area (Å²) < 4.78 is 5.56. The Morgan fingerprint density at radius 3 is 2.87 bits per heavy atom. The molecule has 2 aliphatic rings. The van der Waals surface area contributed by atoms with Gasteiger partial charge in [0.25, 0.3) is 5.91 Å². The van der Waals surface area contributed by atoms with Crippen molar-refractivity contribution in [1.82, 2.24) is 4.90 Å². The van der Waals surface area contributed by atoms with E-state index in [-0.39, 0.29) is 30.8 Å². The molecule has 1 N–H and O–H groups in total. The molecule has 2 fully saturated rings. The number of hydrogen-bond acceptors (Lipinski definition) is 3. The first-order valence-corrected chi connectivity index (χ1v) is 5.79. The van der Waals surface area contributed by atoms with Gasteiger partial charge in [0.05, 0.1) is 18.8 Å². The highest BCUT2D eigenvalue weighted by molar-refractivity contribution is 5.81. The molecule has 0 aromatic carbocycles. The third kappa shape index (κ3) is 2.16. The Hall–Kier alpha value is -0.610. The molecule has 2 unspecified atom stereocenters. The molecule has 0 aromatic rings. The van der Waals surface area contributed by atoms with Crippen LogP contribution in [0.5, 0.6) is 0 Å². The predicted octanol–water partition coefficient (Wildman–Crippen LogP) is 0.537. The monoisotopic (exact) mass is 213 g/mol. The number of nitrogens with zero attached hydrogens (tertiary/aromatic N) is 1. The summed E-state index contributed by atoms with van der Waals surface area (Å²) in [4.78, 5) is 13.8. The molecule has 2 heterocycles. The van der Waals surface area contributed by atoms with E-state index < -0.39 is 0 Å². The van der Waals surface area contributed by atoms with E-state index in [0.717, 1.165) is 32.2 Å². The Morgan fingerprint density at radius 1 is 1.47 bits per heavy atom. The molecule has 0 radical (unpaired) electrons. The Balaban J connectivity index is 1.95. The van der Waals surface area contributed by atoms with Gasteiger partial charge in [-0.1, -0.05) is 0 Å². The van der Waals surface area contributed by atoms with Crippen LogP contribution in [0, 0.1) is 0 Å². The van der Waals surface area contributed by atoms with Gasteiger partial charge < -0.3 is 14.7 Å². The molecule has 2 aliphatic heterocycles. The lowest BCUT2D eigenvalue weighted by Crippen LogP contribution is -2.43. The van der Waals surface area contributed by atoms with Crippen molar-refractivity contribution in [2.45, 2.75) is 50.9 Å². The van der Waals surface area contributed by atoms with Crippen molar-refractivity contribution in [2.24, 2.45) is 0 Å². The van der Waals surface area contributed by atoms with E-state index in [4.69, 9.17) is 9.84 Å².